The lowest BCUT2D eigenvalue weighted by Crippen LogP contribution is -2.23. The van der Waals surface area contributed by atoms with Crippen molar-refractivity contribution in [3.63, 3.8) is 0 Å². The van der Waals surface area contributed by atoms with Crippen molar-refractivity contribution in [3.8, 4) is 0 Å². The zero-order valence-corrected chi connectivity index (χ0v) is 17.2. The molecule has 1 aliphatic heterocycles. The number of Topliss-reactive ketones (excluding diaryl/α,β-unsaturated/α-hetero) is 1. The molecular weight excluding hydrogens is 388 g/mol. The number of fused-ring (bicyclic) bond motifs is 1. The van der Waals surface area contributed by atoms with Crippen LogP contribution in [0, 0.1) is 0 Å². The van der Waals surface area contributed by atoms with E-state index in [0.29, 0.717) is 11.6 Å². The van der Waals surface area contributed by atoms with Gasteiger partial charge in [-0.25, -0.2) is 9.31 Å². The summed E-state index contributed by atoms with van der Waals surface area (Å²) in [4.78, 5) is 31.7. The fraction of sp³-hybridized carbons (Fsp3) is 0.450. The number of aromatic nitrogens is 5. The predicted molar refractivity (Wildman–Crippen MR) is 108 cm³/mol. The maximum Gasteiger partial charge on any atom is 0.342 e. The van der Waals surface area contributed by atoms with E-state index >= 15 is 0 Å². The number of carbonyl (C=O) groups excluding carboxylic acids is 2. The number of hydrogen-bond acceptors (Lipinski definition) is 8. The van der Waals surface area contributed by atoms with Crippen molar-refractivity contribution >= 4 is 23.3 Å². The molecule has 0 spiro atoms. The number of aryl methyl sites for hydroxylation is 1. The number of nitrogens with zero attached hydrogens (tertiary/aromatic N) is 6. The Morgan fingerprint density at radius 2 is 2.13 bits per heavy atom. The van der Waals surface area contributed by atoms with E-state index in [0.717, 1.165) is 25.1 Å². The van der Waals surface area contributed by atoms with Gasteiger partial charge >= 0.3 is 5.97 Å². The number of methoxy groups -OCH3 is 1. The summed E-state index contributed by atoms with van der Waals surface area (Å²) in [6.45, 7) is 3.55. The number of hydrogen-bond donors (Lipinski definition) is 0. The normalized spacial score (nSPS) is 16.4. The molecule has 158 valence electrons. The fourth-order valence-electron chi connectivity index (χ4n) is 3.65. The van der Waals surface area contributed by atoms with Crippen molar-refractivity contribution in [2.45, 2.75) is 25.9 Å². The molecule has 0 amide bonds. The van der Waals surface area contributed by atoms with Crippen LogP contribution in [0.5, 0.6) is 0 Å². The maximum atomic E-state index is 12.9. The van der Waals surface area contributed by atoms with Crippen LogP contribution < -0.4 is 4.90 Å². The van der Waals surface area contributed by atoms with Gasteiger partial charge in [-0.2, -0.15) is 10.1 Å². The lowest BCUT2D eigenvalue weighted by atomic mass is 10.1. The minimum Gasteiger partial charge on any atom is -0.462 e. The van der Waals surface area contributed by atoms with Crippen LogP contribution in [0.25, 0.3) is 5.65 Å². The Labute approximate surface area is 173 Å². The van der Waals surface area contributed by atoms with Crippen molar-refractivity contribution in [2.24, 2.45) is 7.05 Å². The van der Waals surface area contributed by atoms with Crippen LogP contribution >= 0.6 is 0 Å². The van der Waals surface area contributed by atoms with E-state index in [1.54, 1.807) is 31.8 Å². The van der Waals surface area contributed by atoms with Crippen LogP contribution in [0.3, 0.4) is 0 Å². The largest absolute Gasteiger partial charge is 0.462 e. The summed E-state index contributed by atoms with van der Waals surface area (Å²) >= 11 is 0. The first-order chi connectivity index (χ1) is 14.5. The van der Waals surface area contributed by atoms with Crippen molar-refractivity contribution in [3.05, 3.63) is 41.3 Å². The van der Waals surface area contributed by atoms with E-state index in [9.17, 15) is 9.59 Å². The smallest absolute Gasteiger partial charge is 0.342 e. The van der Waals surface area contributed by atoms with Crippen LogP contribution in [-0.2, 0) is 22.9 Å². The predicted octanol–water partition coefficient (Wildman–Crippen LogP) is 1.29. The number of anilines is 1. The van der Waals surface area contributed by atoms with Gasteiger partial charge in [0.2, 0.25) is 5.95 Å². The van der Waals surface area contributed by atoms with E-state index < -0.39 is 5.97 Å². The van der Waals surface area contributed by atoms with Crippen molar-refractivity contribution in [1.29, 1.82) is 0 Å². The molecule has 1 atom stereocenters. The average molecular weight is 412 g/mol. The Hall–Kier alpha value is -3.27. The van der Waals surface area contributed by atoms with Crippen LogP contribution in [0.1, 0.15) is 39.8 Å². The zero-order valence-electron chi connectivity index (χ0n) is 17.2. The average Bonchev–Trinajstić information content (AvgIpc) is 3.45. The van der Waals surface area contributed by atoms with E-state index in [1.165, 1.54) is 10.9 Å². The Morgan fingerprint density at radius 1 is 1.30 bits per heavy atom. The first kappa shape index (κ1) is 20.0. The SMILES string of the molecule is CCOC(=O)c1cnn(C)c1C(=O)Cc1ccc2nc(N3CCC(OC)C3)nn2c1. The van der Waals surface area contributed by atoms with Crippen LogP contribution in [0.2, 0.25) is 0 Å². The summed E-state index contributed by atoms with van der Waals surface area (Å²) in [6.07, 6.45) is 4.39. The molecule has 4 rings (SSSR count). The van der Waals surface area contributed by atoms with Gasteiger partial charge < -0.3 is 14.4 Å². The van der Waals surface area contributed by atoms with Gasteiger partial charge in [-0.15, -0.1) is 5.10 Å². The third-order valence-electron chi connectivity index (χ3n) is 5.21. The molecule has 10 nitrogen and oxygen atoms in total. The second-order valence-electron chi connectivity index (χ2n) is 7.20. The van der Waals surface area contributed by atoms with Gasteiger partial charge in [0.1, 0.15) is 11.3 Å². The summed E-state index contributed by atoms with van der Waals surface area (Å²) in [5.74, 6) is -0.125. The Morgan fingerprint density at radius 3 is 2.87 bits per heavy atom. The van der Waals surface area contributed by atoms with Crippen molar-refractivity contribution < 1.29 is 19.1 Å². The lowest BCUT2D eigenvalue weighted by molar-refractivity contribution is 0.0522. The summed E-state index contributed by atoms with van der Waals surface area (Å²) < 4.78 is 13.5. The highest BCUT2D eigenvalue weighted by Crippen LogP contribution is 2.20. The number of carbonyl (C=O) groups is 2. The maximum absolute atomic E-state index is 12.9. The Bertz CT molecular complexity index is 1090. The molecule has 1 fully saturated rings. The Balaban J connectivity index is 1.54. The van der Waals surface area contributed by atoms with Crippen molar-refractivity contribution in [2.75, 3.05) is 31.7 Å². The van der Waals surface area contributed by atoms with Gasteiger partial charge in [-0.3, -0.25) is 9.48 Å². The van der Waals surface area contributed by atoms with E-state index in [1.807, 2.05) is 12.1 Å². The molecule has 0 radical (unpaired) electrons. The van der Waals surface area contributed by atoms with Gasteiger partial charge in [0.05, 0.1) is 18.9 Å². The molecule has 0 aliphatic carbocycles. The minimum atomic E-state index is -0.551. The molecule has 3 aromatic heterocycles. The minimum absolute atomic E-state index is 0.104. The van der Waals surface area contributed by atoms with Gasteiger partial charge in [0.15, 0.2) is 11.4 Å². The standard InChI is InChI=1S/C20H24N6O4/c1-4-30-19(28)15-10-21-24(2)18(15)16(27)9-13-5-6-17-22-20(23-26(17)11-13)25-8-7-14(12-25)29-3/h5-6,10-11,14H,4,7-9,12H2,1-3H3. The highest BCUT2D eigenvalue weighted by Gasteiger charge is 2.26. The summed E-state index contributed by atoms with van der Waals surface area (Å²) in [5.41, 5.74) is 1.87. The summed E-state index contributed by atoms with van der Waals surface area (Å²) in [6, 6.07) is 3.67. The van der Waals surface area contributed by atoms with Gasteiger partial charge in [0.25, 0.3) is 0 Å². The third-order valence-corrected chi connectivity index (χ3v) is 5.21. The third kappa shape index (κ3) is 3.78. The number of ketones is 1. The van der Waals surface area contributed by atoms with Crippen LogP contribution in [0.4, 0.5) is 5.95 Å². The molecule has 4 heterocycles. The Kier molecular flexibility index (Phi) is 5.49. The molecule has 0 bridgehead atoms. The molecule has 30 heavy (non-hydrogen) atoms. The van der Waals surface area contributed by atoms with E-state index in [4.69, 9.17) is 9.47 Å². The summed E-state index contributed by atoms with van der Waals surface area (Å²) in [7, 11) is 3.34. The number of ether oxygens (including phenoxy) is 2. The highest BCUT2D eigenvalue weighted by molar-refractivity contribution is 6.05. The fourth-order valence-corrected chi connectivity index (χ4v) is 3.65. The second kappa shape index (κ2) is 8.23. The molecule has 1 unspecified atom stereocenters. The number of pyridine rings is 1. The van der Waals surface area contributed by atoms with Crippen LogP contribution in [-0.4, -0.2) is 69.0 Å². The second-order valence-corrected chi connectivity index (χ2v) is 7.20. The molecule has 1 aliphatic rings. The van der Waals surface area contributed by atoms with Gasteiger partial charge in [0, 0.05) is 39.9 Å². The summed E-state index contributed by atoms with van der Waals surface area (Å²) in [5, 5.41) is 8.60. The van der Waals surface area contributed by atoms with Gasteiger partial charge in [-0.1, -0.05) is 6.07 Å². The topological polar surface area (TPSA) is 104 Å². The first-order valence-electron chi connectivity index (χ1n) is 9.85. The van der Waals surface area contributed by atoms with Crippen LogP contribution in [0.15, 0.2) is 24.5 Å². The quantitative estimate of drug-likeness (QED) is 0.422. The van der Waals surface area contributed by atoms with E-state index in [-0.39, 0.29) is 36.2 Å². The zero-order chi connectivity index (χ0) is 21.3. The molecule has 1 saturated heterocycles. The molecule has 0 aromatic carbocycles. The molecular formula is C20H24N6O4. The van der Waals surface area contributed by atoms with Gasteiger partial charge in [-0.05, 0) is 25.0 Å². The number of rotatable bonds is 7. The molecule has 3 aromatic rings. The first-order valence-corrected chi connectivity index (χ1v) is 9.85. The number of esters is 1. The van der Waals surface area contributed by atoms with E-state index in [2.05, 4.69) is 20.1 Å². The monoisotopic (exact) mass is 412 g/mol. The van der Waals surface area contributed by atoms with Crippen molar-refractivity contribution in [1.82, 2.24) is 24.4 Å². The molecule has 10 heteroatoms. The lowest BCUT2D eigenvalue weighted by Gasteiger charge is -2.12. The molecule has 0 N–H and O–H groups in total. The molecule has 0 saturated carbocycles. The highest BCUT2D eigenvalue weighted by atomic mass is 16.5.